The van der Waals surface area contributed by atoms with E-state index in [4.69, 9.17) is 0 Å². The van der Waals surface area contributed by atoms with Gasteiger partial charge < -0.3 is 5.32 Å². The van der Waals surface area contributed by atoms with Gasteiger partial charge in [-0.15, -0.1) is 0 Å². The molecule has 1 aromatic heterocycles. The summed E-state index contributed by atoms with van der Waals surface area (Å²) in [5.41, 5.74) is 2.11. The van der Waals surface area contributed by atoms with E-state index < -0.39 is 0 Å². The number of nitrogens with zero attached hydrogens (tertiary/aromatic N) is 2. The van der Waals surface area contributed by atoms with Gasteiger partial charge in [0.1, 0.15) is 0 Å². The lowest BCUT2D eigenvalue weighted by Crippen LogP contribution is -2.26. The fraction of sp³-hybridized carbons (Fsp3) is 0.692. The molecule has 96 valence electrons. The lowest BCUT2D eigenvalue weighted by Gasteiger charge is -2.20. The van der Waals surface area contributed by atoms with E-state index in [2.05, 4.69) is 65.0 Å². The molecule has 2 unspecified atom stereocenters. The van der Waals surface area contributed by atoms with Crippen LogP contribution in [0.15, 0.2) is 6.07 Å². The number of anilines is 1. The predicted octanol–water partition coefficient (Wildman–Crippen LogP) is 3.74. The van der Waals surface area contributed by atoms with Gasteiger partial charge >= 0.3 is 0 Å². The summed E-state index contributed by atoms with van der Waals surface area (Å²) in [7, 11) is 0. The molecule has 3 nitrogen and oxygen atoms in total. The third-order valence-corrected chi connectivity index (χ3v) is 3.94. The van der Waals surface area contributed by atoms with Crippen LogP contribution in [0.1, 0.15) is 45.0 Å². The Morgan fingerprint density at radius 1 is 1.24 bits per heavy atom. The molecule has 1 N–H and O–H groups in total. The minimum Gasteiger partial charge on any atom is -0.351 e. The molecular weight excluding hydrogens is 278 g/mol. The second-order valence-electron chi connectivity index (χ2n) is 4.98. The molecule has 0 bridgehead atoms. The number of rotatable bonds is 5. The molecule has 0 aliphatic heterocycles. The lowest BCUT2D eigenvalue weighted by molar-refractivity contribution is 0.567. The van der Waals surface area contributed by atoms with Crippen molar-refractivity contribution < 1.29 is 0 Å². The molecule has 0 aliphatic rings. The Labute approximate surface area is 113 Å². The summed E-state index contributed by atoms with van der Waals surface area (Å²) >= 11 is 3.50. The van der Waals surface area contributed by atoms with Gasteiger partial charge in [-0.25, -0.2) is 9.97 Å². The molecule has 1 heterocycles. The van der Waals surface area contributed by atoms with Crippen LogP contribution in [0.2, 0.25) is 0 Å². The van der Waals surface area contributed by atoms with E-state index in [1.807, 2.05) is 6.92 Å². The van der Waals surface area contributed by atoms with Gasteiger partial charge in [0.25, 0.3) is 0 Å². The van der Waals surface area contributed by atoms with Crippen molar-refractivity contribution in [3.63, 3.8) is 0 Å². The quantitative estimate of drug-likeness (QED) is 0.842. The Morgan fingerprint density at radius 3 is 2.41 bits per heavy atom. The molecule has 0 saturated heterocycles. The Balaban J connectivity index is 2.84. The third kappa shape index (κ3) is 4.26. The first-order valence-electron chi connectivity index (χ1n) is 6.12. The molecule has 0 saturated carbocycles. The number of alkyl halides is 1. The molecule has 0 amide bonds. The molecule has 0 fully saturated rings. The summed E-state index contributed by atoms with van der Waals surface area (Å²) in [6.07, 6.45) is 0. The highest BCUT2D eigenvalue weighted by Crippen LogP contribution is 2.16. The van der Waals surface area contributed by atoms with Crippen LogP contribution in [0, 0.1) is 12.8 Å². The van der Waals surface area contributed by atoms with Crippen LogP contribution in [0.25, 0.3) is 0 Å². The summed E-state index contributed by atoms with van der Waals surface area (Å²) < 4.78 is 0. The molecule has 2 atom stereocenters. The normalized spacial score (nSPS) is 14.8. The van der Waals surface area contributed by atoms with E-state index in [1.54, 1.807) is 0 Å². The molecule has 0 radical (unpaired) electrons. The van der Waals surface area contributed by atoms with E-state index in [0.717, 1.165) is 22.7 Å². The maximum absolute atomic E-state index is 4.55. The topological polar surface area (TPSA) is 37.8 Å². The predicted molar refractivity (Wildman–Crippen MR) is 76.9 cm³/mol. The van der Waals surface area contributed by atoms with Gasteiger partial charge in [0, 0.05) is 22.8 Å². The summed E-state index contributed by atoms with van der Waals surface area (Å²) in [5.74, 6) is 1.72. The van der Waals surface area contributed by atoms with E-state index in [1.165, 1.54) is 0 Å². The second kappa shape index (κ2) is 6.34. The molecule has 0 spiro atoms. The minimum atomic E-state index is 0.358. The van der Waals surface area contributed by atoms with Gasteiger partial charge in [0.05, 0.1) is 0 Å². The van der Waals surface area contributed by atoms with Crippen LogP contribution < -0.4 is 5.32 Å². The van der Waals surface area contributed by atoms with Gasteiger partial charge in [-0.1, -0.05) is 36.7 Å². The first-order valence-corrected chi connectivity index (χ1v) is 7.24. The average Bonchev–Trinajstić information content (AvgIpc) is 2.26. The summed E-state index contributed by atoms with van der Waals surface area (Å²) in [6.45, 7) is 10.7. The highest BCUT2D eigenvalue weighted by Gasteiger charge is 2.13. The van der Waals surface area contributed by atoms with Crippen LogP contribution in [-0.4, -0.2) is 21.3 Å². The zero-order chi connectivity index (χ0) is 13.0. The highest BCUT2D eigenvalue weighted by atomic mass is 79.9. The van der Waals surface area contributed by atoms with Crippen molar-refractivity contribution in [3.8, 4) is 0 Å². The highest BCUT2D eigenvalue weighted by molar-refractivity contribution is 9.09. The molecule has 0 aromatic carbocycles. The summed E-state index contributed by atoms with van der Waals surface area (Å²) in [5, 5.41) is 4.35. The molecule has 0 aliphatic carbocycles. The van der Waals surface area contributed by atoms with Crippen molar-refractivity contribution in [1.29, 1.82) is 0 Å². The van der Waals surface area contributed by atoms with Crippen molar-refractivity contribution >= 4 is 21.9 Å². The van der Waals surface area contributed by atoms with Crippen molar-refractivity contribution in [2.75, 3.05) is 10.6 Å². The maximum Gasteiger partial charge on any atom is 0.223 e. The van der Waals surface area contributed by atoms with E-state index in [9.17, 15) is 0 Å². The Hall–Kier alpha value is -0.640. The minimum absolute atomic E-state index is 0.358. The van der Waals surface area contributed by atoms with E-state index in [0.29, 0.717) is 17.9 Å². The Kier molecular flexibility index (Phi) is 5.37. The fourth-order valence-corrected chi connectivity index (χ4v) is 1.99. The number of hydrogen-bond acceptors (Lipinski definition) is 3. The Bertz CT molecular complexity index is 366. The van der Waals surface area contributed by atoms with Crippen LogP contribution in [0.4, 0.5) is 5.95 Å². The average molecular weight is 300 g/mol. The van der Waals surface area contributed by atoms with E-state index >= 15 is 0 Å². The third-order valence-electron chi connectivity index (χ3n) is 2.92. The van der Waals surface area contributed by atoms with Crippen molar-refractivity contribution in [1.82, 2.24) is 9.97 Å². The van der Waals surface area contributed by atoms with Gasteiger partial charge in [0.15, 0.2) is 0 Å². The van der Waals surface area contributed by atoms with E-state index in [-0.39, 0.29) is 0 Å². The zero-order valence-electron chi connectivity index (χ0n) is 11.3. The largest absolute Gasteiger partial charge is 0.351 e. The molecular formula is C13H22BrN3. The molecule has 1 rings (SSSR count). The zero-order valence-corrected chi connectivity index (χ0v) is 12.9. The van der Waals surface area contributed by atoms with Crippen molar-refractivity contribution in [2.45, 2.75) is 46.6 Å². The molecule has 17 heavy (non-hydrogen) atoms. The number of aryl methyl sites for hydroxylation is 1. The second-order valence-corrected chi connectivity index (χ2v) is 5.62. The van der Waals surface area contributed by atoms with Gasteiger partial charge in [-0.2, -0.15) is 0 Å². The SMILES string of the molecule is Cc1cc(C(C)C)nc(NC(C)C(C)CBr)n1. The standard InChI is InChI=1S/C13H22BrN3/c1-8(2)12-6-10(4)15-13(17-12)16-11(5)9(3)7-14/h6,8-9,11H,7H2,1-5H3,(H,15,16,17). The van der Waals surface area contributed by atoms with Gasteiger partial charge in [-0.3, -0.25) is 0 Å². The van der Waals surface area contributed by atoms with Gasteiger partial charge in [0.2, 0.25) is 5.95 Å². The van der Waals surface area contributed by atoms with Crippen molar-refractivity contribution in [2.24, 2.45) is 5.92 Å². The molecule has 4 heteroatoms. The summed E-state index contributed by atoms with van der Waals surface area (Å²) in [4.78, 5) is 8.99. The van der Waals surface area contributed by atoms with Crippen LogP contribution in [0.3, 0.4) is 0 Å². The number of aromatic nitrogens is 2. The van der Waals surface area contributed by atoms with Crippen molar-refractivity contribution in [3.05, 3.63) is 17.5 Å². The monoisotopic (exact) mass is 299 g/mol. The lowest BCUT2D eigenvalue weighted by atomic mass is 10.1. The van der Waals surface area contributed by atoms with Crippen LogP contribution in [-0.2, 0) is 0 Å². The van der Waals surface area contributed by atoms with Crippen LogP contribution in [0.5, 0.6) is 0 Å². The van der Waals surface area contributed by atoms with Crippen LogP contribution >= 0.6 is 15.9 Å². The number of halogens is 1. The summed E-state index contributed by atoms with van der Waals surface area (Å²) in [6, 6.07) is 2.41. The molecule has 1 aromatic rings. The Morgan fingerprint density at radius 2 is 1.88 bits per heavy atom. The fourth-order valence-electron chi connectivity index (χ4n) is 1.43. The number of hydrogen-bond donors (Lipinski definition) is 1. The first kappa shape index (κ1) is 14.4. The number of nitrogens with one attached hydrogen (secondary N) is 1. The first-order chi connectivity index (χ1) is 7.93. The van der Waals surface area contributed by atoms with Gasteiger partial charge in [-0.05, 0) is 31.7 Å². The smallest absolute Gasteiger partial charge is 0.223 e. The maximum atomic E-state index is 4.55.